The second-order valence-electron chi connectivity index (χ2n) is 7.98. The normalized spacial score (nSPS) is 15.2. The monoisotopic (exact) mass is 465 g/mol. The van der Waals surface area contributed by atoms with Gasteiger partial charge >= 0.3 is 0 Å². The van der Waals surface area contributed by atoms with Crippen LogP contribution in [0.3, 0.4) is 0 Å². The lowest BCUT2D eigenvalue weighted by Gasteiger charge is -2.25. The van der Waals surface area contributed by atoms with Crippen molar-refractivity contribution in [1.29, 1.82) is 0 Å². The number of rotatable bonds is 5. The van der Waals surface area contributed by atoms with E-state index in [2.05, 4.69) is 10.3 Å². The molecule has 0 aliphatic carbocycles. The molecule has 1 N–H and O–H groups in total. The number of sulfonamides is 1. The van der Waals surface area contributed by atoms with E-state index in [1.54, 1.807) is 22.5 Å². The van der Waals surface area contributed by atoms with Crippen molar-refractivity contribution < 1.29 is 13.2 Å². The van der Waals surface area contributed by atoms with Crippen LogP contribution in [0.25, 0.3) is 21.0 Å². The average Bonchev–Trinajstić information content (AvgIpc) is 3.21. The standard InChI is InChI=1S/C24H23N3O3S2/c28-23(15-18-9-6-8-17-7-2-3-10-20(17)18)26-24-25-21-12-11-19(16-22(21)31-24)32(29,30)27-13-4-1-5-14-27/h2-3,6-12,16H,1,4-5,13-15H2,(H,25,26,28). The summed E-state index contributed by atoms with van der Waals surface area (Å²) in [6.45, 7) is 1.14. The number of nitrogens with zero attached hydrogens (tertiary/aromatic N) is 2. The minimum Gasteiger partial charge on any atom is -0.302 e. The van der Waals surface area contributed by atoms with E-state index in [1.807, 2.05) is 42.5 Å². The third-order valence-corrected chi connectivity index (χ3v) is 8.62. The maximum absolute atomic E-state index is 13.0. The molecule has 164 valence electrons. The predicted octanol–water partition coefficient (Wildman–Crippen LogP) is 4.81. The molecule has 8 heteroatoms. The molecule has 1 aliphatic heterocycles. The molecule has 0 saturated carbocycles. The van der Waals surface area contributed by atoms with Gasteiger partial charge in [-0.1, -0.05) is 60.2 Å². The molecule has 4 aromatic rings. The summed E-state index contributed by atoms with van der Waals surface area (Å²) >= 11 is 1.29. The van der Waals surface area contributed by atoms with Gasteiger partial charge in [0.05, 0.1) is 21.5 Å². The van der Waals surface area contributed by atoms with Crippen molar-refractivity contribution in [2.75, 3.05) is 18.4 Å². The number of benzene rings is 3. The Labute approximate surface area is 190 Å². The van der Waals surface area contributed by atoms with Crippen molar-refractivity contribution in [3.05, 3.63) is 66.2 Å². The molecule has 6 nitrogen and oxygen atoms in total. The topological polar surface area (TPSA) is 79.4 Å². The van der Waals surface area contributed by atoms with E-state index in [-0.39, 0.29) is 17.2 Å². The number of piperidine rings is 1. The number of carbonyl (C=O) groups is 1. The smallest absolute Gasteiger partial charge is 0.243 e. The number of hydrogen-bond acceptors (Lipinski definition) is 5. The number of thiazole rings is 1. The van der Waals surface area contributed by atoms with Crippen LogP contribution in [-0.4, -0.2) is 36.7 Å². The highest BCUT2D eigenvalue weighted by Crippen LogP contribution is 2.30. The Morgan fingerprint density at radius 3 is 2.62 bits per heavy atom. The van der Waals surface area contributed by atoms with Crippen molar-refractivity contribution in [1.82, 2.24) is 9.29 Å². The third-order valence-electron chi connectivity index (χ3n) is 5.79. The first-order valence-electron chi connectivity index (χ1n) is 10.7. The Morgan fingerprint density at radius 2 is 1.78 bits per heavy atom. The number of nitrogens with one attached hydrogen (secondary N) is 1. The van der Waals surface area contributed by atoms with Crippen LogP contribution in [0, 0.1) is 0 Å². The molecule has 0 bridgehead atoms. The molecular weight excluding hydrogens is 442 g/mol. The first kappa shape index (κ1) is 21.1. The quantitative estimate of drug-likeness (QED) is 0.459. The van der Waals surface area contributed by atoms with Gasteiger partial charge in [-0.2, -0.15) is 4.31 Å². The van der Waals surface area contributed by atoms with Crippen LogP contribution in [0.1, 0.15) is 24.8 Å². The SMILES string of the molecule is O=C(Cc1cccc2ccccc12)Nc1nc2ccc(S(=O)(=O)N3CCCCC3)cc2s1. The van der Waals surface area contributed by atoms with Gasteiger partial charge in [0.15, 0.2) is 5.13 Å². The molecule has 1 amide bonds. The van der Waals surface area contributed by atoms with Crippen LogP contribution >= 0.6 is 11.3 Å². The summed E-state index contributed by atoms with van der Waals surface area (Å²) in [6, 6.07) is 18.9. The van der Waals surface area contributed by atoms with E-state index in [1.165, 1.54) is 11.3 Å². The molecule has 0 spiro atoms. The Bertz CT molecular complexity index is 1400. The van der Waals surface area contributed by atoms with E-state index < -0.39 is 10.0 Å². The van der Waals surface area contributed by atoms with Gasteiger partial charge in [-0.3, -0.25) is 4.79 Å². The molecule has 32 heavy (non-hydrogen) atoms. The maximum atomic E-state index is 13.0. The zero-order chi connectivity index (χ0) is 22.1. The fourth-order valence-corrected chi connectivity index (χ4v) is 6.70. The summed E-state index contributed by atoms with van der Waals surface area (Å²) in [5.41, 5.74) is 1.63. The molecule has 1 saturated heterocycles. The van der Waals surface area contributed by atoms with Gasteiger partial charge in [0.1, 0.15) is 0 Å². The summed E-state index contributed by atoms with van der Waals surface area (Å²) in [5, 5.41) is 5.50. The highest BCUT2D eigenvalue weighted by molar-refractivity contribution is 7.89. The number of anilines is 1. The van der Waals surface area contributed by atoms with Crippen molar-refractivity contribution >= 4 is 53.4 Å². The summed E-state index contributed by atoms with van der Waals surface area (Å²) in [4.78, 5) is 17.4. The molecule has 1 aromatic heterocycles. The van der Waals surface area contributed by atoms with Crippen LogP contribution < -0.4 is 5.32 Å². The molecule has 3 aromatic carbocycles. The van der Waals surface area contributed by atoms with Crippen LogP contribution in [0.5, 0.6) is 0 Å². The van der Waals surface area contributed by atoms with Gasteiger partial charge in [0, 0.05) is 13.1 Å². The molecule has 1 aliphatic rings. The number of carbonyl (C=O) groups excluding carboxylic acids is 1. The van der Waals surface area contributed by atoms with Gasteiger partial charge < -0.3 is 5.32 Å². The summed E-state index contributed by atoms with van der Waals surface area (Å²) in [5.74, 6) is -0.151. The fraction of sp³-hybridized carbons (Fsp3) is 0.250. The molecule has 5 rings (SSSR count). The number of aromatic nitrogens is 1. The number of amides is 1. The zero-order valence-electron chi connectivity index (χ0n) is 17.5. The maximum Gasteiger partial charge on any atom is 0.243 e. The first-order chi connectivity index (χ1) is 15.5. The molecule has 0 radical (unpaired) electrons. The van der Waals surface area contributed by atoms with Crippen LogP contribution in [0.4, 0.5) is 5.13 Å². The Hall–Kier alpha value is -2.81. The van der Waals surface area contributed by atoms with Gasteiger partial charge in [-0.25, -0.2) is 13.4 Å². The lowest BCUT2D eigenvalue weighted by atomic mass is 10.0. The van der Waals surface area contributed by atoms with Gasteiger partial charge in [0.2, 0.25) is 15.9 Å². The number of fused-ring (bicyclic) bond motifs is 2. The van der Waals surface area contributed by atoms with Crippen molar-refractivity contribution in [3.8, 4) is 0 Å². The average molecular weight is 466 g/mol. The Balaban J connectivity index is 1.35. The molecule has 2 heterocycles. The van der Waals surface area contributed by atoms with Crippen LogP contribution in [0.15, 0.2) is 65.6 Å². The molecule has 0 atom stereocenters. The van der Waals surface area contributed by atoms with E-state index in [9.17, 15) is 13.2 Å². The number of hydrogen-bond donors (Lipinski definition) is 1. The summed E-state index contributed by atoms with van der Waals surface area (Å²) in [7, 11) is -3.50. The Kier molecular flexibility index (Phi) is 5.67. The van der Waals surface area contributed by atoms with Gasteiger partial charge in [-0.15, -0.1) is 0 Å². The van der Waals surface area contributed by atoms with E-state index in [0.717, 1.165) is 40.3 Å². The minimum absolute atomic E-state index is 0.151. The van der Waals surface area contributed by atoms with E-state index in [4.69, 9.17) is 0 Å². The van der Waals surface area contributed by atoms with Crippen LogP contribution in [0.2, 0.25) is 0 Å². The van der Waals surface area contributed by atoms with E-state index >= 15 is 0 Å². The molecule has 0 unspecified atom stereocenters. The van der Waals surface area contributed by atoms with E-state index in [0.29, 0.717) is 23.7 Å². The van der Waals surface area contributed by atoms with Crippen molar-refractivity contribution in [2.24, 2.45) is 0 Å². The molecule has 1 fully saturated rings. The second-order valence-corrected chi connectivity index (χ2v) is 10.9. The highest BCUT2D eigenvalue weighted by atomic mass is 32.2. The lowest BCUT2D eigenvalue weighted by Crippen LogP contribution is -2.35. The summed E-state index contributed by atoms with van der Waals surface area (Å²) < 4.78 is 28.2. The lowest BCUT2D eigenvalue weighted by molar-refractivity contribution is -0.115. The van der Waals surface area contributed by atoms with Crippen LogP contribution in [-0.2, 0) is 21.2 Å². The second kappa shape index (κ2) is 8.61. The minimum atomic E-state index is -3.50. The fourth-order valence-electron chi connectivity index (χ4n) is 4.16. The predicted molar refractivity (Wildman–Crippen MR) is 129 cm³/mol. The zero-order valence-corrected chi connectivity index (χ0v) is 19.1. The molecular formula is C24H23N3O3S2. The highest BCUT2D eigenvalue weighted by Gasteiger charge is 2.26. The van der Waals surface area contributed by atoms with Crippen molar-refractivity contribution in [2.45, 2.75) is 30.6 Å². The van der Waals surface area contributed by atoms with Gasteiger partial charge in [0.25, 0.3) is 0 Å². The van der Waals surface area contributed by atoms with Gasteiger partial charge in [-0.05, 0) is 47.4 Å². The summed E-state index contributed by atoms with van der Waals surface area (Å²) in [6.07, 6.45) is 3.11. The third kappa shape index (κ3) is 4.13. The Morgan fingerprint density at radius 1 is 1.00 bits per heavy atom. The first-order valence-corrected chi connectivity index (χ1v) is 12.9. The van der Waals surface area contributed by atoms with Crippen molar-refractivity contribution in [3.63, 3.8) is 0 Å². The largest absolute Gasteiger partial charge is 0.302 e.